The van der Waals surface area contributed by atoms with Gasteiger partial charge in [-0.1, -0.05) is 6.07 Å². The van der Waals surface area contributed by atoms with Gasteiger partial charge >= 0.3 is 5.97 Å². The fraction of sp³-hybridized carbons (Fsp3) is 0.429. The van der Waals surface area contributed by atoms with Crippen LogP contribution in [0.4, 0.5) is 0 Å². The zero-order valence-corrected chi connectivity index (χ0v) is 13.1. The highest BCUT2D eigenvalue weighted by atomic mass is 79.9. The number of carbonyl (C=O) groups excluding carboxylic acids is 1. The number of ether oxygens (including phenoxy) is 2. The topological polar surface area (TPSA) is 84.9 Å². The second-order valence-corrected chi connectivity index (χ2v) is 5.53. The van der Waals surface area contributed by atoms with Gasteiger partial charge in [-0.05, 0) is 46.5 Å². The van der Waals surface area contributed by atoms with E-state index in [-0.39, 0.29) is 0 Å². The van der Waals surface area contributed by atoms with Crippen molar-refractivity contribution in [3.63, 3.8) is 0 Å². The summed E-state index contributed by atoms with van der Waals surface area (Å²) < 4.78 is 11.0. The Hall–Kier alpha value is -1.60. The van der Waals surface area contributed by atoms with Crippen molar-refractivity contribution in [3.05, 3.63) is 28.2 Å². The minimum Gasteiger partial charge on any atom is -0.496 e. The smallest absolute Gasteiger partial charge is 0.330 e. The number of carboxylic acids is 1. The molecule has 1 aromatic carbocycles. The zero-order valence-electron chi connectivity index (χ0n) is 11.5. The number of hydrogen-bond acceptors (Lipinski definition) is 4. The molecule has 1 fully saturated rings. The molecular weight excluding hydrogens is 342 g/mol. The monoisotopic (exact) mass is 357 g/mol. The van der Waals surface area contributed by atoms with Crippen molar-refractivity contribution in [2.24, 2.45) is 0 Å². The lowest BCUT2D eigenvalue weighted by molar-refractivity contribution is -0.143. The molecule has 0 aromatic heterocycles. The van der Waals surface area contributed by atoms with E-state index >= 15 is 0 Å². The van der Waals surface area contributed by atoms with Crippen LogP contribution in [0.15, 0.2) is 22.7 Å². The van der Waals surface area contributed by atoms with Crippen LogP contribution >= 0.6 is 15.9 Å². The fourth-order valence-electron chi connectivity index (χ4n) is 2.17. The molecule has 2 atom stereocenters. The summed E-state index contributed by atoms with van der Waals surface area (Å²) in [5.41, 5.74) is 0.460. The van der Waals surface area contributed by atoms with Crippen LogP contribution in [0.5, 0.6) is 5.75 Å². The van der Waals surface area contributed by atoms with Crippen molar-refractivity contribution >= 4 is 27.8 Å². The van der Waals surface area contributed by atoms with Gasteiger partial charge in [0.15, 0.2) is 6.04 Å². The number of aliphatic carboxylic acids is 1. The van der Waals surface area contributed by atoms with Crippen LogP contribution in [0, 0.1) is 0 Å². The van der Waals surface area contributed by atoms with E-state index in [1.807, 2.05) is 0 Å². The van der Waals surface area contributed by atoms with Gasteiger partial charge in [0, 0.05) is 6.61 Å². The molecule has 1 saturated heterocycles. The first kappa shape index (κ1) is 15.8. The predicted octanol–water partition coefficient (Wildman–Crippen LogP) is 1.88. The highest BCUT2D eigenvalue weighted by Crippen LogP contribution is 2.28. The van der Waals surface area contributed by atoms with Gasteiger partial charge in [-0.3, -0.25) is 4.79 Å². The van der Waals surface area contributed by atoms with Crippen LogP contribution < -0.4 is 10.1 Å². The molecule has 0 bridgehead atoms. The first-order chi connectivity index (χ1) is 10.0. The summed E-state index contributed by atoms with van der Waals surface area (Å²) in [5, 5.41) is 11.8. The number of benzene rings is 1. The predicted molar refractivity (Wildman–Crippen MR) is 78.2 cm³/mol. The summed E-state index contributed by atoms with van der Waals surface area (Å²) in [7, 11) is 1.52. The average Bonchev–Trinajstić information content (AvgIpc) is 2.98. The Morgan fingerprint density at radius 2 is 2.29 bits per heavy atom. The fourth-order valence-corrected chi connectivity index (χ4v) is 2.73. The summed E-state index contributed by atoms with van der Waals surface area (Å²) in [5.74, 6) is -0.932. The number of methoxy groups -OCH3 is 1. The third-order valence-electron chi connectivity index (χ3n) is 3.26. The number of hydrogen-bond donors (Lipinski definition) is 2. The van der Waals surface area contributed by atoms with Gasteiger partial charge in [-0.15, -0.1) is 0 Å². The van der Waals surface area contributed by atoms with E-state index in [1.165, 1.54) is 7.11 Å². The van der Waals surface area contributed by atoms with Gasteiger partial charge in [0.05, 0.1) is 11.6 Å². The number of amides is 1. The van der Waals surface area contributed by atoms with E-state index in [0.29, 0.717) is 28.8 Å². The molecule has 0 aliphatic carbocycles. The molecule has 1 heterocycles. The Labute approximate surface area is 130 Å². The summed E-state index contributed by atoms with van der Waals surface area (Å²) in [4.78, 5) is 23.4. The standard InChI is InChI=1S/C14H16BrNO5/c1-20-10-5-4-8(7-9(10)15)12(14(18)19)16-13(17)11-3-2-6-21-11/h4-5,7,11-12H,2-3,6H2,1H3,(H,16,17)(H,18,19). The van der Waals surface area contributed by atoms with Gasteiger partial charge < -0.3 is 19.9 Å². The normalized spacial score (nSPS) is 19.0. The Bertz CT molecular complexity index is 542. The molecule has 6 nitrogen and oxygen atoms in total. The molecule has 1 aliphatic heterocycles. The van der Waals surface area contributed by atoms with Crippen LogP contribution in [0.25, 0.3) is 0 Å². The molecule has 2 N–H and O–H groups in total. The molecule has 0 spiro atoms. The molecule has 2 rings (SSSR count). The maximum absolute atomic E-state index is 12.0. The SMILES string of the molecule is COc1ccc(C(NC(=O)C2CCCO2)C(=O)O)cc1Br. The summed E-state index contributed by atoms with van der Waals surface area (Å²) in [6.07, 6.45) is 0.863. The Morgan fingerprint density at radius 3 is 2.81 bits per heavy atom. The van der Waals surface area contributed by atoms with Crippen LogP contribution in [0.3, 0.4) is 0 Å². The van der Waals surface area contributed by atoms with Crippen molar-refractivity contribution in [2.75, 3.05) is 13.7 Å². The van der Waals surface area contributed by atoms with E-state index in [0.717, 1.165) is 6.42 Å². The van der Waals surface area contributed by atoms with Gasteiger partial charge in [0.1, 0.15) is 11.9 Å². The van der Waals surface area contributed by atoms with Crippen molar-refractivity contribution in [1.82, 2.24) is 5.32 Å². The minimum atomic E-state index is -1.13. The molecule has 1 aromatic rings. The van der Waals surface area contributed by atoms with Crippen molar-refractivity contribution in [1.29, 1.82) is 0 Å². The molecular formula is C14H16BrNO5. The van der Waals surface area contributed by atoms with Gasteiger partial charge in [-0.2, -0.15) is 0 Å². The zero-order chi connectivity index (χ0) is 15.4. The second-order valence-electron chi connectivity index (χ2n) is 4.68. The first-order valence-corrected chi connectivity index (χ1v) is 7.30. The maximum atomic E-state index is 12.0. The maximum Gasteiger partial charge on any atom is 0.330 e. The lowest BCUT2D eigenvalue weighted by Crippen LogP contribution is -2.40. The third-order valence-corrected chi connectivity index (χ3v) is 3.88. The van der Waals surface area contributed by atoms with Crippen LogP contribution in [0.2, 0.25) is 0 Å². The van der Waals surface area contributed by atoms with Crippen LogP contribution in [-0.4, -0.2) is 36.8 Å². The van der Waals surface area contributed by atoms with E-state index in [2.05, 4.69) is 21.2 Å². The van der Waals surface area contributed by atoms with Crippen LogP contribution in [-0.2, 0) is 14.3 Å². The lowest BCUT2D eigenvalue weighted by atomic mass is 10.1. The molecule has 1 amide bonds. The third kappa shape index (κ3) is 3.74. The van der Waals surface area contributed by atoms with E-state index in [4.69, 9.17) is 9.47 Å². The number of nitrogens with one attached hydrogen (secondary N) is 1. The molecule has 7 heteroatoms. The summed E-state index contributed by atoms with van der Waals surface area (Å²) in [6.45, 7) is 0.532. The molecule has 0 radical (unpaired) electrons. The van der Waals surface area contributed by atoms with E-state index in [1.54, 1.807) is 18.2 Å². The van der Waals surface area contributed by atoms with Crippen molar-refractivity contribution in [3.8, 4) is 5.75 Å². The van der Waals surface area contributed by atoms with Gasteiger partial charge in [0.2, 0.25) is 5.91 Å². The van der Waals surface area contributed by atoms with Gasteiger partial charge in [-0.25, -0.2) is 4.79 Å². The highest BCUT2D eigenvalue weighted by molar-refractivity contribution is 9.10. The molecule has 21 heavy (non-hydrogen) atoms. The van der Waals surface area contributed by atoms with Crippen molar-refractivity contribution in [2.45, 2.75) is 25.0 Å². The quantitative estimate of drug-likeness (QED) is 0.840. The van der Waals surface area contributed by atoms with Gasteiger partial charge in [0.25, 0.3) is 0 Å². The summed E-state index contributed by atoms with van der Waals surface area (Å²) >= 11 is 3.30. The molecule has 0 saturated carbocycles. The Balaban J connectivity index is 2.16. The highest BCUT2D eigenvalue weighted by Gasteiger charge is 2.29. The molecule has 1 aliphatic rings. The Kier molecular flexibility index (Phi) is 5.19. The lowest BCUT2D eigenvalue weighted by Gasteiger charge is -2.18. The Morgan fingerprint density at radius 1 is 1.52 bits per heavy atom. The number of carbonyl (C=O) groups is 2. The second kappa shape index (κ2) is 6.91. The number of halogens is 1. The first-order valence-electron chi connectivity index (χ1n) is 6.51. The minimum absolute atomic E-state index is 0.396. The van der Waals surface area contributed by atoms with Crippen LogP contribution in [0.1, 0.15) is 24.4 Å². The number of carboxylic acid groups (broad SMARTS) is 1. The molecule has 114 valence electrons. The van der Waals surface area contributed by atoms with E-state index < -0.39 is 24.0 Å². The van der Waals surface area contributed by atoms with E-state index in [9.17, 15) is 14.7 Å². The average molecular weight is 358 g/mol. The number of rotatable bonds is 5. The largest absolute Gasteiger partial charge is 0.496 e. The molecule has 2 unspecified atom stereocenters. The van der Waals surface area contributed by atoms with Crippen molar-refractivity contribution < 1.29 is 24.2 Å². The summed E-state index contributed by atoms with van der Waals surface area (Å²) in [6, 6.07) is 3.75.